The lowest BCUT2D eigenvalue weighted by atomic mass is 9.86. The SMILES string of the molecule is NC(=O)C1C2C(=O)N(c3cccc([N+](=O)[O-])c3)C(=O)C2C(c2ccccc2)N1C(=O)c1ccc(F)cc1. The van der Waals surface area contributed by atoms with Gasteiger partial charge in [0.05, 0.1) is 28.5 Å². The molecule has 37 heavy (non-hydrogen) atoms. The standard InChI is InChI=1S/C26H19FN4O6/c27-16-11-9-15(10-12-16)24(33)30-21(14-5-2-1-3-6-14)19-20(22(30)23(28)32)26(35)29(25(19)34)17-7-4-8-18(13-17)31(36)37/h1-13,19-22H,(H2,28,32). The van der Waals surface area contributed by atoms with E-state index in [1.807, 2.05) is 0 Å². The fraction of sp³-hybridized carbons (Fsp3) is 0.154. The first kappa shape index (κ1) is 23.8. The third kappa shape index (κ3) is 3.80. The Labute approximate surface area is 209 Å². The molecule has 0 bridgehead atoms. The molecule has 11 heteroatoms. The van der Waals surface area contributed by atoms with Crippen LogP contribution in [0.15, 0.2) is 78.9 Å². The molecule has 3 aromatic rings. The Morgan fingerprint density at radius 3 is 2.16 bits per heavy atom. The predicted molar refractivity (Wildman–Crippen MR) is 127 cm³/mol. The fourth-order valence-electron chi connectivity index (χ4n) is 5.22. The number of hydrogen-bond acceptors (Lipinski definition) is 6. The monoisotopic (exact) mass is 502 g/mol. The van der Waals surface area contributed by atoms with Crippen LogP contribution in [0.4, 0.5) is 15.8 Å². The van der Waals surface area contributed by atoms with Gasteiger partial charge in [0.15, 0.2) is 0 Å². The number of nitro benzene ring substituents is 1. The largest absolute Gasteiger partial charge is 0.368 e. The molecule has 2 aliphatic heterocycles. The van der Waals surface area contributed by atoms with Crippen molar-refractivity contribution >= 4 is 35.0 Å². The molecular weight excluding hydrogens is 483 g/mol. The molecule has 2 saturated heterocycles. The van der Waals surface area contributed by atoms with Gasteiger partial charge in [0.25, 0.3) is 11.6 Å². The van der Waals surface area contributed by atoms with E-state index in [1.54, 1.807) is 30.3 Å². The lowest BCUT2D eigenvalue weighted by Gasteiger charge is -2.32. The second-order valence-electron chi connectivity index (χ2n) is 8.76. The number of carbonyl (C=O) groups is 4. The zero-order valence-corrected chi connectivity index (χ0v) is 19.1. The molecule has 0 aromatic heterocycles. The second kappa shape index (κ2) is 8.94. The number of primary amides is 1. The first-order valence-electron chi connectivity index (χ1n) is 11.3. The van der Waals surface area contributed by atoms with E-state index in [9.17, 15) is 33.7 Å². The van der Waals surface area contributed by atoms with Gasteiger partial charge >= 0.3 is 0 Å². The third-order valence-electron chi connectivity index (χ3n) is 6.73. The summed E-state index contributed by atoms with van der Waals surface area (Å²) >= 11 is 0. The van der Waals surface area contributed by atoms with Gasteiger partial charge in [-0.25, -0.2) is 9.29 Å². The van der Waals surface area contributed by atoms with Gasteiger partial charge in [-0.05, 0) is 35.9 Å². The highest BCUT2D eigenvalue weighted by atomic mass is 19.1. The first-order valence-corrected chi connectivity index (χ1v) is 11.3. The van der Waals surface area contributed by atoms with Crippen LogP contribution in [0.5, 0.6) is 0 Å². The summed E-state index contributed by atoms with van der Waals surface area (Å²) in [6.45, 7) is 0. The molecule has 4 atom stereocenters. The van der Waals surface area contributed by atoms with Gasteiger partial charge in [0, 0.05) is 17.7 Å². The summed E-state index contributed by atoms with van der Waals surface area (Å²) < 4.78 is 13.5. The fourth-order valence-corrected chi connectivity index (χ4v) is 5.22. The van der Waals surface area contributed by atoms with Crippen LogP contribution >= 0.6 is 0 Å². The van der Waals surface area contributed by atoms with Crippen molar-refractivity contribution in [3.05, 3.63) is 106 Å². The highest BCUT2D eigenvalue weighted by Crippen LogP contribution is 2.51. The molecule has 4 amide bonds. The van der Waals surface area contributed by atoms with E-state index < -0.39 is 58.3 Å². The molecular formula is C26H19FN4O6. The Morgan fingerprint density at radius 2 is 1.54 bits per heavy atom. The maximum atomic E-state index is 13.8. The van der Waals surface area contributed by atoms with E-state index in [1.165, 1.54) is 30.3 Å². The number of halogens is 1. The van der Waals surface area contributed by atoms with Crippen LogP contribution in [0.25, 0.3) is 0 Å². The number of benzene rings is 3. The van der Waals surface area contributed by atoms with Crippen molar-refractivity contribution in [3.8, 4) is 0 Å². The predicted octanol–water partition coefficient (Wildman–Crippen LogP) is 2.59. The average molecular weight is 502 g/mol. The zero-order chi connectivity index (χ0) is 26.4. The van der Waals surface area contributed by atoms with Crippen LogP contribution < -0.4 is 10.6 Å². The van der Waals surface area contributed by atoms with Crippen LogP contribution in [-0.2, 0) is 14.4 Å². The minimum Gasteiger partial charge on any atom is -0.368 e. The number of imide groups is 1. The number of rotatable bonds is 5. The highest BCUT2D eigenvalue weighted by Gasteiger charge is 2.65. The van der Waals surface area contributed by atoms with Crippen LogP contribution in [-0.4, -0.2) is 39.5 Å². The molecule has 2 fully saturated rings. The van der Waals surface area contributed by atoms with Crippen LogP contribution in [0.3, 0.4) is 0 Å². The Balaban J connectivity index is 1.65. The summed E-state index contributed by atoms with van der Waals surface area (Å²) in [4.78, 5) is 66.4. The Bertz CT molecular complexity index is 1440. The molecule has 5 rings (SSSR count). The molecule has 2 aliphatic rings. The van der Waals surface area contributed by atoms with Crippen molar-refractivity contribution in [1.82, 2.24) is 4.90 Å². The summed E-state index contributed by atoms with van der Waals surface area (Å²) in [6.07, 6.45) is 0. The second-order valence-corrected chi connectivity index (χ2v) is 8.76. The van der Waals surface area contributed by atoms with Crippen molar-refractivity contribution in [2.75, 3.05) is 4.90 Å². The maximum absolute atomic E-state index is 13.8. The summed E-state index contributed by atoms with van der Waals surface area (Å²) in [5.74, 6) is -6.28. The Morgan fingerprint density at radius 1 is 0.892 bits per heavy atom. The van der Waals surface area contributed by atoms with E-state index >= 15 is 0 Å². The van der Waals surface area contributed by atoms with Gasteiger partial charge in [-0.3, -0.25) is 29.3 Å². The minimum atomic E-state index is -1.49. The van der Waals surface area contributed by atoms with E-state index in [0.29, 0.717) is 5.56 Å². The first-order chi connectivity index (χ1) is 17.7. The molecule has 10 nitrogen and oxygen atoms in total. The number of likely N-dealkylation sites (tertiary alicyclic amines) is 1. The normalized spacial score (nSPS) is 22.7. The molecule has 0 aliphatic carbocycles. The molecule has 2 N–H and O–H groups in total. The number of non-ortho nitro benzene ring substituents is 1. The minimum absolute atomic E-state index is 0.0231. The van der Waals surface area contributed by atoms with Crippen molar-refractivity contribution in [3.63, 3.8) is 0 Å². The van der Waals surface area contributed by atoms with Crippen LogP contribution in [0, 0.1) is 27.8 Å². The van der Waals surface area contributed by atoms with Crippen LogP contribution in [0.1, 0.15) is 22.0 Å². The topological polar surface area (TPSA) is 144 Å². The van der Waals surface area contributed by atoms with Gasteiger partial charge in [-0.15, -0.1) is 0 Å². The molecule has 4 unspecified atom stereocenters. The molecule has 186 valence electrons. The van der Waals surface area contributed by atoms with E-state index in [0.717, 1.165) is 28.0 Å². The number of nitrogens with two attached hydrogens (primary N) is 1. The van der Waals surface area contributed by atoms with Gasteiger partial charge in [0.2, 0.25) is 17.7 Å². The average Bonchev–Trinajstić information content (AvgIpc) is 3.37. The smallest absolute Gasteiger partial charge is 0.271 e. The van der Waals surface area contributed by atoms with Crippen molar-refractivity contribution in [1.29, 1.82) is 0 Å². The number of fused-ring (bicyclic) bond motifs is 1. The molecule has 0 radical (unpaired) electrons. The lowest BCUT2D eigenvalue weighted by molar-refractivity contribution is -0.384. The van der Waals surface area contributed by atoms with Gasteiger partial charge in [-0.1, -0.05) is 36.4 Å². The van der Waals surface area contributed by atoms with E-state index in [-0.39, 0.29) is 16.9 Å². The van der Waals surface area contributed by atoms with Crippen molar-refractivity contribution < 1.29 is 28.5 Å². The molecule has 0 spiro atoms. The maximum Gasteiger partial charge on any atom is 0.271 e. The number of nitrogens with zero attached hydrogens (tertiary/aromatic N) is 3. The number of amides is 4. The quantitative estimate of drug-likeness (QED) is 0.323. The van der Waals surface area contributed by atoms with E-state index in [4.69, 9.17) is 5.73 Å². The lowest BCUT2D eigenvalue weighted by Crippen LogP contribution is -2.50. The molecule has 3 aromatic carbocycles. The zero-order valence-electron chi connectivity index (χ0n) is 19.1. The number of carbonyl (C=O) groups excluding carboxylic acids is 4. The Hall–Kier alpha value is -4.93. The summed E-state index contributed by atoms with van der Waals surface area (Å²) in [6, 6.07) is 15.5. The molecule has 0 saturated carbocycles. The highest BCUT2D eigenvalue weighted by molar-refractivity contribution is 6.24. The van der Waals surface area contributed by atoms with Gasteiger partial charge in [0.1, 0.15) is 11.9 Å². The number of anilines is 1. The van der Waals surface area contributed by atoms with Crippen molar-refractivity contribution in [2.24, 2.45) is 17.6 Å². The van der Waals surface area contributed by atoms with Crippen molar-refractivity contribution in [2.45, 2.75) is 12.1 Å². The number of hydrogen-bond donors (Lipinski definition) is 1. The summed E-state index contributed by atoms with van der Waals surface area (Å²) in [7, 11) is 0. The van der Waals surface area contributed by atoms with E-state index in [2.05, 4.69) is 0 Å². The summed E-state index contributed by atoms with van der Waals surface area (Å²) in [5, 5.41) is 11.3. The van der Waals surface area contributed by atoms with Crippen LogP contribution in [0.2, 0.25) is 0 Å². The number of nitro groups is 1. The van der Waals surface area contributed by atoms with Gasteiger partial charge in [-0.2, -0.15) is 0 Å². The molecule has 2 heterocycles. The Kier molecular flexibility index (Phi) is 5.75. The summed E-state index contributed by atoms with van der Waals surface area (Å²) in [5.41, 5.74) is 5.90. The van der Waals surface area contributed by atoms with Gasteiger partial charge < -0.3 is 10.6 Å². The third-order valence-corrected chi connectivity index (χ3v) is 6.73.